The molecule has 0 bridgehead atoms. The lowest BCUT2D eigenvalue weighted by Crippen LogP contribution is -2.02. The van der Waals surface area contributed by atoms with Crippen molar-refractivity contribution in [3.63, 3.8) is 0 Å². The fourth-order valence-corrected chi connectivity index (χ4v) is 0.821. The van der Waals surface area contributed by atoms with Gasteiger partial charge in [-0.1, -0.05) is 11.6 Å². The highest BCUT2D eigenvalue weighted by Crippen LogP contribution is 2.18. The van der Waals surface area contributed by atoms with Crippen LogP contribution in [0.5, 0.6) is 5.75 Å². The van der Waals surface area contributed by atoms with E-state index in [0.717, 1.165) is 0 Å². The number of ether oxygens (including phenoxy) is 1. The van der Waals surface area contributed by atoms with E-state index in [0.29, 0.717) is 10.8 Å². The number of aromatic nitrogens is 1. The summed E-state index contributed by atoms with van der Waals surface area (Å²) in [5.41, 5.74) is -0.231. The van der Waals surface area contributed by atoms with Crippen molar-refractivity contribution in [1.29, 1.82) is 0 Å². The highest BCUT2D eigenvalue weighted by atomic mass is 35.5. The van der Waals surface area contributed by atoms with Gasteiger partial charge in [0.2, 0.25) is 5.56 Å². The molecule has 3 nitrogen and oxygen atoms in total. The van der Waals surface area contributed by atoms with Crippen LogP contribution in [-0.4, -0.2) is 12.1 Å². The van der Waals surface area contributed by atoms with Crippen molar-refractivity contribution < 1.29 is 4.74 Å². The molecule has 4 heteroatoms. The van der Waals surface area contributed by atoms with Crippen LogP contribution >= 0.6 is 11.6 Å². The smallest absolute Gasteiger partial charge is 0.249 e. The summed E-state index contributed by atoms with van der Waals surface area (Å²) in [4.78, 5) is 13.0. The maximum Gasteiger partial charge on any atom is 0.249 e. The average molecular weight is 160 g/mol. The normalized spacial score (nSPS) is 9.40. The molecule has 0 amide bonds. The Kier molecular flexibility index (Phi) is 1.97. The summed E-state index contributed by atoms with van der Waals surface area (Å²) in [5, 5.41) is 0.325. The van der Waals surface area contributed by atoms with Gasteiger partial charge in [-0.25, -0.2) is 0 Å². The summed E-state index contributed by atoms with van der Waals surface area (Å²) in [6, 6.07) is 1.26. The van der Waals surface area contributed by atoms with Crippen LogP contribution in [0.1, 0.15) is 0 Å². The molecule has 0 aliphatic rings. The highest BCUT2D eigenvalue weighted by Gasteiger charge is 1.97. The lowest BCUT2D eigenvalue weighted by molar-refractivity contribution is 0.413. The van der Waals surface area contributed by atoms with Crippen LogP contribution in [-0.2, 0) is 0 Å². The van der Waals surface area contributed by atoms with Crippen LogP contribution in [0.4, 0.5) is 0 Å². The second kappa shape index (κ2) is 2.75. The van der Waals surface area contributed by atoms with E-state index < -0.39 is 0 Å². The molecular weight excluding hydrogens is 154 g/mol. The molecule has 1 heterocycles. The van der Waals surface area contributed by atoms with E-state index in [1.54, 1.807) is 0 Å². The number of pyridine rings is 1. The zero-order valence-electron chi connectivity index (χ0n) is 5.35. The Morgan fingerprint density at radius 2 is 2.40 bits per heavy atom. The quantitative estimate of drug-likeness (QED) is 0.665. The van der Waals surface area contributed by atoms with Crippen molar-refractivity contribution in [1.82, 2.24) is 4.98 Å². The molecular formula is C6H6ClNO2. The van der Waals surface area contributed by atoms with E-state index in [9.17, 15) is 4.79 Å². The molecule has 0 aliphatic carbocycles. The minimum Gasteiger partial charge on any atom is -0.494 e. The Bertz CT molecular complexity index is 281. The van der Waals surface area contributed by atoms with E-state index in [1.807, 2.05) is 0 Å². The fourth-order valence-electron chi connectivity index (χ4n) is 0.590. The predicted molar refractivity (Wildman–Crippen MR) is 38.6 cm³/mol. The average Bonchev–Trinajstić information content (AvgIpc) is 1.88. The van der Waals surface area contributed by atoms with E-state index in [4.69, 9.17) is 16.3 Å². The first-order valence-corrected chi connectivity index (χ1v) is 3.04. The number of rotatable bonds is 1. The van der Waals surface area contributed by atoms with Gasteiger partial charge in [0, 0.05) is 12.3 Å². The first kappa shape index (κ1) is 7.15. The van der Waals surface area contributed by atoms with E-state index in [-0.39, 0.29) is 5.56 Å². The first-order chi connectivity index (χ1) is 4.74. The Morgan fingerprint density at radius 1 is 1.70 bits per heavy atom. The molecule has 0 spiro atoms. The van der Waals surface area contributed by atoms with Gasteiger partial charge in [-0.05, 0) is 0 Å². The minimum absolute atomic E-state index is 0.231. The summed E-state index contributed by atoms with van der Waals surface area (Å²) in [5.74, 6) is 0.473. The number of hydrogen-bond donors (Lipinski definition) is 1. The van der Waals surface area contributed by atoms with Crippen molar-refractivity contribution >= 4 is 11.6 Å². The van der Waals surface area contributed by atoms with Gasteiger partial charge in [0.05, 0.1) is 12.1 Å². The van der Waals surface area contributed by atoms with Gasteiger partial charge in [-0.2, -0.15) is 0 Å². The summed E-state index contributed by atoms with van der Waals surface area (Å²) in [6.07, 6.45) is 1.42. The molecule has 1 N–H and O–H groups in total. The van der Waals surface area contributed by atoms with Gasteiger partial charge in [-0.15, -0.1) is 0 Å². The second-order valence-corrected chi connectivity index (χ2v) is 2.12. The number of nitrogens with one attached hydrogen (secondary N) is 1. The highest BCUT2D eigenvalue weighted by molar-refractivity contribution is 6.31. The molecule has 0 unspecified atom stereocenters. The molecule has 0 saturated carbocycles. The van der Waals surface area contributed by atoms with Crippen molar-refractivity contribution in [3.8, 4) is 5.75 Å². The van der Waals surface area contributed by atoms with Gasteiger partial charge in [0.1, 0.15) is 0 Å². The van der Waals surface area contributed by atoms with Gasteiger partial charge >= 0.3 is 0 Å². The molecule has 0 aliphatic heterocycles. The Morgan fingerprint density at radius 3 is 2.90 bits per heavy atom. The number of methoxy groups -OCH3 is 1. The number of hydrogen-bond acceptors (Lipinski definition) is 2. The fraction of sp³-hybridized carbons (Fsp3) is 0.167. The molecule has 1 rings (SSSR count). The SMILES string of the molecule is COc1c[nH]c(=O)cc1Cl. The Hall–Kier alpha value is -0.960. The van der Waals surface area contributed by atoms with E-state index in [2.05, 4.69) is 4.98 Å². The maximum absolute atomic E-state index is 10.6. The van der Waals surface area contributed by atoms with Crippen molar-refractivity contribution in [2.75, 3.05) is 7.11 Å². The van der Waals surface area contributed by atoms with Crippen molar-refractivity contribution in [2.45, 2.75) is 0 Å². The minimum atomic E-state index is -0.231. The largest absolute Gasteiger partial charge is 0.494 e. The monoisotopic (exact) mass is 159 g/mol. The topological polar surface area (TPSA) is 42.1 Å². The molecule has 1 aromatic rings. The molecule has 0 radical (unpaired) electrons. The third-order valence-electron chi connectivity index (χ3n) is 1.06. The lowest BCUT2D eigenvalue weighted by atomic mass is 10.4. The van der Waals surface area contributed by atoms with Gasteiger partial charge in [0.15, 0.2) is 5.75 Å². The van der Waals surface area contributed by atoms with E-state index >= 15 is 0 Å². The summed E-state index contributed by atoms with van der Waals surface area (Å²) >= 11 is 5.58. The molecule has 54 valence electrons. The summed E-state index contributed by atoms with van der Waals surface area (Å²) in [6.45, 7) is 0. The maximum atomic E-state index is 10.6. The number of H-pyrrole nitrogens is 1. The number of aromatic amines is 1. The zero-order valence-corrected chi connectivity index (χ0v) is 6.11. The molecule has 0 saturated heterocycles. The molecule has 0 fully saturated rings. The second-order valence-electron chi connectivity index (χ2n) is 1.71. The van der Waals surface area contributed by atoms with E-state index in [1.165, 1.54) is 19.4 Å². The molecule has 10 heavy (non-hydrogen) atoms. The summed E-state index contributed by atoms with van der Waals surface area (Å²) < 4.78 is 4.80. The molecule has 1 aromatic heterocycles. The number of halogens is 1. The van der Waals surface area contributed by atoms with Crippen LogP contribution in [0.15, 0.2) is 17.1 Å². The molecule has 0 atom stereocenters. The van der Waals surface area contributed by atoms with Crippen LogP contribution in [0.2, 0.25) is 5.02 Å². The predicted octanol–water partition coefficient (Wildman–Crippen LogP) is 1.04. The molecule has 0 aromatic carbocycles. The third kappa shape index (κ3) is 1.30. The first-order valence-electron chi connectivity index (χ1n) is 2.66. The van der Waals surface area contributed by atoms with Gasteiger partial charge in [0.25, 0.3) is 0 Å². The van der Waals surface area contributed by atoms with Gasteiger partial charge < -0.3 is 9.72 Å². The van der Waals surface area contributed by atoms with Crippen LogP contribution < -0.4 is 10.3 Å². The zero-order chi connectivity index (χ0) is 7.56. The third-order valence-corrected chi connectivity index (χ3v) is 1.35. The Labute approximate surface area is 62.6 Å². The van der Waals surface area contributed by atoms with Crippen LogP contribution in [0, 0.1) is 0 Å². The standard InChI is InChI=1S/C6H6ClNO2/c1-10-5-3-8-6(9)2-4(5)7/h2-3H,1H3,(H,8,9). The summed E-state index contributed by atoms with van der Waals surface area (Å²) in [7, 11) is 1.49. The lowest BCUT2D eigenvalue weighted by Gasteiger charge is -1.98. The van der Waals surface area contributed by atoms with Crippen molar-refractivity contribution in [2.24, 2.45) is 0 Å². The van der Waals surface area contributed by atoms with Crippen molar-refractivity contribution in [3.05, 3.63) is 27.6 Å². The van der Waals surface area contributed by atoms with Gasteiger partial charge in [-0.3, -0.25) is 4.79 Å². The van der Waals surface area contributed by atoms with Crippen LogP contribution in [0.3, 0.4) is 0 Å². The van der Waals surface area contributed by atoms with Crippen LogP contribution in [0.25, 0.3) is 0 Å². The Balaban J connectivity index is 3.19.